The molecule has 2 fully saturated rings. The number of fused-ring (bicyclic) bond motifs is 1. The Balaban J connectivity index is 1.72. The van der Waals surface area contributed by atoms with Gasteiger partial charge in [-0.1, -0.05) is 19.9 Å². The molecular formula is C16H27BO3. The summed E-state index contributed by atoms with van der Waals surface area (Å²) >= 11 is 0. The van der Waals surface area contributed by atoms with Crippen molar-refractivity contribution in [2.75, 3.05) is 6.61 Å². The van der Waals surface area contributed by atoms with Crippen molar-refractivity contribution in [1.29, 1.82) is 0 Å². The molecule has 0 bridgehead atoms. The van der Waals surface area contributed by atoms with Crippen LogP contribution in [-0.4, -0.2) is 31.5 Å². The Labute approximate surface area is 123 Å². The van der Waals surface area contributed by atoms with Crippen molar-refractivity contribution in [2.45, 2.75) is 71.2 Å². The standard InChI is InChI=1S/C16H27BO3/c1-11(2)15-16(3,4)20-17(19-15)13-7-8-14-12(10-13)6-5-9-18-14/h10-12,14-15H,5-9H2,1-4H3. The first-order valence-electron chi connectivity index (χ1n) is 8.13. The maximum atomic E-state index is 6.23. The molecule has 1 aliphatic carbocycles. The molecule has 2 heterocycles. The Bertz CT molecular complexity index is 391. The van der Waals surface area contributed by atoms with Gasteiger partial charge in [0.05, 0.1) is 17.8 Å². The highest BCUT2D eigenvalue weighted by Gasteiger charge is 2.49. The van der Waals surface area contributed by atoms with Crippen LogP contribution in [0.5, 0.6) is 0 Å². The molecule has 3 unspecified atom stereocenters. The normalized spacial score (nSPS) is 37.0. The molecule has 112 valence electrons. The molecule has 0 aromatic rings. The molecule has 3 rings (SSSR count). The van der Waals surface area contributed by atoms with Crippen LogP contribution in [0, 0.1) is 11.8 Å². The zero-order valence-electron chi connectivity index (χ0n) is 13.2. The molecular weight excluding hydrogens is 251 g/mol. The van der Waals surface area contributed by atoms with Crippen LogP contribution in [0.25, 0.3) is 0 Å². The maximum Gasteiger partial charge on any atom is 0.490 e. The first-order chi connectivity index (χ1) is 9.47. The highest BCUT2D eigenvalue weighted by atomic mass is 16.7. The molecule has 0 radical (unpaired) electrons. The van der Waals surface area contributed by atoms with Crippen molar-refractivity contribution in [3.63, 3.8) is 0 Å². The molecule has 0 N–H and O–H groups in total. The Hall–Kier alpha value is -0.315. The van der Waals surface area contributed by atoms with Crippen molar-refractivity contribution in [3.8, 4) is 0 Å². The average Bonchev–Trinajstić information content (AvgIpc) is 2.74. The molecule has 2 aliphatic heterocycles. The van der Waals surface area contributed by atoms with Gasteiger partial charge in [0.25, 0.3) is 0 Å². The molecule has 0 aromatic carbocycles. The number of allylic oxidation sites excluding steroid dienone is 1. The second kappa shape index (κ2) is 5.47. The monoisotopic (exact) mass is 278 g/mol. The van der Waals surface area contributed by atoms with Crippen LogP contribution in [0.4, 0.5) is 0 Å². The van der Waals surface area contributed by atoms with Gasteiger partial charge in [0.1, 0.15) is 0 Å². The minimum atomic E-state index is -0.195. The van der Waals surface area contributed by atoms with E-state index in [0.717, 1.165) is 19.4 Å². The van der Waals surface area contributed by atoms with Gasteiger partial charge < -0.3 is 14.0 Å². The predicted molar refractivity (Wildman–Crippen MR) is 80.4 cm³/mol. The van der Waals surface area contributed by atoms with Gasteiger partial charge in [-0.3, -0.25) is 0 Å². The lowest BCUT2D eigenvalue weighted by Gasteiger charge is -2.34. The van der Waals surface area contributed by atoms with Gasteiger partial charge in [-0.15, -0.1) is 0 Å². The van der Waals surface area contributed by atoms with Crippen LogP contribution in [0.3, 0.4) is 0 Å². The minimum absolute atomic E-state index is 0.139. The fourth-order valence-corrected chi connectivity index (χ4v) is 4.01. The Kier molecular flexibility index (Phi) is 4.00. The van der Waals surface area contributed by atoms with Crippen molar-refractivity contribution < 1.29 is 14.0 Å². The van der Waals surface area contributed by atoms with Gasteiger partial charge in [0.2, 0.25) is 0 Å². The second-order valence-electron chi connectivity index (χ2n) is 7.35. The summed E-state index contributed by atoms with van der Waals surface area (Å²) in [5.74, 6) is 1.05. The molecule has 20 heavy (non-hydrogen) atoms. The summed E-state index contributed by atoms with van der Waals surface area (Å²) in [4.78, 5) is 0. The Morgan fingerprint density at radius 1 is 1.30 bits per heavy atom. The van der Waals surface area contributed by atoms with Gasteiger partial charge in [0, 0.05) is 12.5 Å². The van der Waals surface area contributed by atoms with E-state index < -0.39 is 0 Å². The molecule has 3 atom stereocenters. The third-order valence-electron chi connectivity index (χ3n) is 4.91. The van der Waals surface area contributed by atoms with Crippen LogP contribution in [0.15, 0.2) is 11.5 Å². The highest BCUT2D eigenvalue weighted by molar-refractivity contribution is 6.54. The number of hydrogen-bond donors (Lipinski definition) is 0. The topological polar surface area (TPSA) is 27.7 Å². The number of ether oxygens (including phenoxy) is 1. The summed E-state index contributed by atoms with van der Waals surface area (Å²) in [6, 6.07) is 0. The lowest BCUT2D eigenvalue weighted by molar-refractivity contribution is -0.0189. The molecule has 4 heteroatoms. The van der Waals surface area contributed by atoms with E-state index >= 15 is 0 Å². The van der Waals surface area contributed by atoms with E-state index in [1.54, 1.807) is 0 Å². The van der Waals surface area contributed by atoms with Crippen LogP contribution in [0.1, 0.15) is 53.4 Å². The molecule has 0 saturated carbocycles. The highest BCUT2D eigenvalue weighted by Crippen LogP contribution is 2.39. The molecule has 3 nitrogen and oxygen atoms in total. The largest absolute Gasteiger partial charge is 0.490 e. The number of hydrogen-bond acceptors (Lipinski definition) is 3. The lowest BCUT2D eigenvalue weighted by Crippen LogP contribution is -2.36. The van der Waals surface area contributed by atoms with Crippen molar-refractivity contribution >= 4 is 7.12 Å². The van der Waals surface area contributed by atoms with Gasteiger partial charge in [-0.25, -0.2) is 0 Å². The van der Waals surface area contributed by atoms with Gasteiger partial charge in [0.15, 0.2) is 0 Å². The fourth-order valence-electron chi connectivity index (χ4n) is 4.01. The average molecular weight is 278 g/mol. The minimum Gasteiger partial charge on any atom is -0.401 e. The van der Waals surface area contributed by atoms with E-state index in [4.69, 9.17) is 14.0 Å². The zero-order valence-corrected chi connectivity index (χ0v) is 13.2. The summed E-state index contributed by atoms with van der Waals surface area (Å²) in [7, 11) is -0.139. The first kappa shape index (κ1) is 14.6. The summed E-state index contributed by atoms with van der Waals surface area (Å²) < 4.78 is 18.3. The lowest BCUT2D eigenvalue weighted by atomic mass is 9.69. The van der Waals surface area contributed by atoms with Gasteiger partial charge >= 0.3 is 7.12 Å². The quantitative estimate of drug-likeness (QED) is 0.725. The summed E-state index contributed by atoms with van der Waals surface area (Å²) in [5.41, 5.74) is 1.15. The van der Waals surface area contributed by atoms with E-state index in [-0.39, 0.29) is 18.8 Å². The molecule has 2 saturated heterocycles. The van der Waals surface area contributed by atoms with Crippen LogP contribution in [0.2, 0.25) is 0 Å². The SMILES string of the molecule is CC(C)C1OB(C2=CC3CCCOC3CC2)OC1(C)C. The van der Waals surface area contributed by atoms with Crippen LogP contribution < -0.4 is 0 Å². The molecule has 0 amide bonds. The molecule has 3 aliphatic rings. The zero-order chi connectivity index (χ0) is 14.3. The Morgan fingerprint density at radius 2 is 2.10 bits per heavy atom. The van der Waals surface area contributed by atoms with Crippen molar-refractivity contribution in [1.82, 2.24) is 0 Å². The van der Waals surface area contributed by atoms with E-state index in [2.05, 4.69) is 33.8 Å². The molecule has 0 spiro atoms. The van der Waals surface area contributed by atoms with E-state index in [0.29, 0.717) is 17.9 Å². The summed E-state index contributed by atoms with van der Waals surface area (Å²) in [6.07, 6.45) is 7.59. The van der Waals surface area contributed by atoms with Crippen LogP contribution in [-0.2, 0) is 14.0 Å². The number of rotatable bonds is 2. The van der Waals surface area contributed by atoms with E-state index in [1.807, 2.05) is 0 Å². The van der Waals surface area contributed by atoms with E-state index in [1.165, 1.54) is 18.3 Å². The first-order valence-corrected chi connectivity index (χ1v) is 8.13. The van der Waals surface area contributed by atoms with Crippen molar-refractivity contribution in [2.24, 2.45) is 11.8 Å². The third kappa shape index (κ3) is 2.70. The fraction of sp³-hybridized carbons (Fsp3) is 0.875. The van der Waals surface area contributed by atoms with Gasteiger partial charge in [-0.05, 0) is 50.9 Å². The second-order valence-corrected chi connectivity index (χ2v) is 7.35. The smallest absolute Gasteiger partial charge is 0.401 e. The molecule has 0 aromatic heterocycles. The Morgan fingerprint density at radius 3 is 2.80 bits per heavy atom. The van der Waals surface area contributed by atoms with Crippen LogP contribution >= 0.6 is 0 Å². The van der Waals surface area contributed by atoms with Gasteiger partial charge in [-0.2, -0.15) is 0 Å². The maximum absolute atomic E-state index is 6.23. The third-order valence-corrected chi connectivity index (χ3v) is 4.91. The summed E-state index contributed by atoms with van der Waals surface area (Å²) in [6.45, 7) is 9.64. The predicted octanol–water partition coefficient (Wildman–Crippen LogP) is 3.38. The van der Waals surface area contributed by atoms with E-state index in [9.17, 15) is 0 Å². The summed E-state index contributed by atoms with van der Waals surface area (Å²) in [5, 5.41) is 0. The van der Waals surface area contributed by atoms with Crippen molar-refractivity contribution in [3.05, 3.63) is 11.5 Å².